The van der Waals surface area contributed by atoms with Gasteiger partial charge in [-0.2, -0.15) is 5.10 Å². The van der Waals surface area contributed by atoms with Gasteiger partial charge in [-0.1, -0.05) is 23.7 Å². The number of hydrogen-bond acceptors (Lipinski definition) is 2. The van der Waals surface area contributed by atoms with Crippen LogP contribution in [-0.2, 0) is 11.3 Å². The fraction of sp³-hybridized carbons (Fsp3) is 0.286. The number of aromatic nitrogens is 2. The zero-order valence-corrected chi connectivity index (χ0v) is 12.0. The van der Waals surface area contributed by atoms with Crippen molar-refractivity contribution in [3.05, 3.63) is 46.2 Å². The highest BCUT2D eigenvalue weighted by Gasteiger charge is 2.12. The number of anilines is 1. The Balaban J connectivity index is 2.29. The predicted octanol–water partition coefficient (Wildman–Crippen LogP) is 3.16. The molecule has 1 N–H and O–H groups in total. The van der Waals surface area contributed by atoms with E-state index in [1.54, 1.807) is 0 Å². The summed E-state index contributed by atoms with van der Waals surface area (Å²) in [5.74, 6) is -0.0893. The zero-order chi connectivity index (χ0) is 14.0. The Morgan fingerprint density at radius 1 is 1.42 bits per heavy atom. The number of hydrogen-bond donors (Lipinski definition) is 1. The monoisotopic (exact) mass is 277 g/mol. The first-order valence-corrected chi connectivity index (χ1v) is 6.41. The van der Waals surface area contributed by atoms with Gasteiger partial charge in [-0.05, 0) is 31.5 Å². The van der Waals surface area contributed by atoms with Crippen LogP contribution in [0.5, 0.6) is 0 Å². The van der Waals surface area contributed by atoms with Gasteiger partial charge in [-0.15, -0.1) is 0 Å². The largest absolute Gasteiger partial charge is 0.323 e. The van der Waals surface area contributed by atoms with Crippen LogP contribution in [0.2, 0.25) is 5.02 Å². The van der Waals surface area contributed by atoms with E-state index in [-0.39, 0.29) is 5.91 Å². The summed E-state index contributed by atoms with van der Waals surface area (Å²) in [6, 6.07) is 7.67. The Bertz CT molecular complexity index is 619. The number of benzene rings is 1. The SMILES string of the molecule is CC(=O)Nc1c(C)nn(Cc2cccc(Cl)c2)c1C. The molecule has 2 aromatic rings. The van der Waals surface area contributed by atoms with E-state index in [2.05, 4.69) is 10.4 Å². The summed E-state index contributed by atoms with van der Waals surface area (Å²) in [6.07, 6.45) is 0. The Labute approximate surface area is 117 Å². The van der Waals surface area contributed by atoms with Crippen molar-refractivity contribution in [2.75, 3.05) is 5.32 Å². The van der Waals surface area contributed by atoms with Crippen LogP contribution < -0.4 is 5.32 Å². The molecular weight excluding hydrogens is 262 g/mol. The second kappa shape index (κ2) is 5.45. The Kier molecular flexibility index (Phi) is 3.90. The van der Waals surface area contributed by atoms with Crippen LogP contribution in [-0.4, -0.2) is 15.7 Å². The first kappa shape index (κ1) is 13.6. The number of carbonyl (C=O) groups excluding carboxylic acids is 1. The van der Waals surface area contributed by atoms with Crippen LogP contribution in [0.3, 0.4) is 0 Å². The number of amides is 1. The van der Waals surface area contributed by atoms with Crippen molar-refractivity contribution in [3.8, 4) is 0 Å². The van der Waals surface area contributed by atoms with E-state index >= 15 is 0 Å². The topological polar surface area (TPSA) is 46.9 Å². The van der Waals surface area contributed by atoms with Crippen LogP contribution in [0.1, 0.15) is 23.9 Å². The van der Waals surface area contributed by atoms with Crippen molar-refractivity contribution in [2.24, 2.45) is 0 Å². The minimum Gasteiger partial charge on any atom is -0.323 e. The van der Waals surface area contributed by atoms with E-state index < -0.39 is 0 Å². The molecule has 100 valence electrons. The molecule has 0 saturated heterocycles. The molecule has 0 unspecified atom stereocenters. The lowest BCUT2D eigenvalue weighted by Gasteiger charge is -2.06. The van der Waals surface area contributed by atoms with Crippen molar-refractivity contribution in [1.29, 1.82) is 0 Å². The Hall–Kier alpha value is -1.81. The smallest absolute Gasteiger partial charge is 0.221 e. The van der Waals surface area contributed by atoms with E-state index in [1.165, 1.54) is 6.92 Å². The van der Waals surface area contributed by atoms with E-state index in [0.29, 0.717) is 11.6 Å². The van der Waals surface area contributed by atoms with Gasteiger partial charge in [0.1, 0.15) is 0 Å². The average molecular weight is 278 g/mol. The van der Waals surface area contributed by atoms with Crippen LogP contribution >= 0.6 is 11.6 Å². The summed E-state index contributed by atoms with van der Waals surface area (Å²) in [6.45, 7) is 5.95. The minimum atomic E-state index is -0.0893. The third-order valence-corrected chi connectivity index (χ3v) is 3.14. The van der Waals surface area contributed by atoms with Crippen LogP contribution in [0.4, 0.5) is 5.69 Å². The van der Waals surface area contributed by atoms with Crippen LogP contribution in [0.15, 0.2) is 24.3 Å². The van der Waals surface area contributed by atoms with Crippen LogP contribution in [0, 0.1) is 13.8 Å². The zero-order valence-electron chi connectivity index (χ0n) is 11.2. The fourth-order valence-corrected chi connectivity index (χ4v) is 2.23. The molecule has 0 radical (unpaired) electrons. The average Bonchev–Trinajstić information content (AvgIpc) is 2.57. The molecule has 0 bridgehead atoms. The molecule has 0 aliphatic carbocycles. The van der Waals surface area contributed by atoms with Gasteiger partial charge >= 0.3 is 0 Å². The predicted molar refractivity (Wildman–Crippen MR) is 76.6 cm³/mol. The molecule has 0 atom stereocenters. The molecular formula is C14H16ClN3O. The molecule has 0 fully saturated rings. The molecule has 0 aliphatic rings. The number of halogens is 1. The van der Waals surface area contributed by atoms with Crippen molar-refractivity contribution in [1.82, 2.24) is 9.78 Å². The molecule has 1 heterocycles. The fourth-order valence-electron chi connectivity index (χ4n) is 2.02. The third kappa shape index (κ3) is 3.15. The molecule has 2 rings (SSSR count). The van der Waals surface area contributed by atoms with E-state index in [9.17, 15) is 4.79 Å². The maximum Gasteiger partial charge on any atom is 0.221 e. The van der Waals surface area contributed by atoms with Crippen molar-refractivity contribution in [2.45, 2.75) is 27.3 Å². The molecule has 1 aromatic heterocycles. The van der Waals surface area contributed by atoms with E-state index in [4.69, 9.17) is 11.6 Å². The van der Waals surface area contributed by atoms with Gasteiger partial charge in [0.25, 0.3) is 0 Å². The molecule has 5 heteroatoms. The first-order chi connectivity index (χ1) is 8.97. The quantitative estimate of drug-likeness (QED) is 0.937. The lowest BCUT2D eigenvalue weighted by atomic mass is 10.2. The maximum absolute atomic E-state index is 11.2. The Morgan fingerprint density at radius 3 is 2.79 bits per heavy atom. The standard InChI is InChI=1S/C14H16ClN3O/c1-9-14(16-11(3)19)10(2)18(17-9)8-12-5-4-6-13(15)7-12/h4-7H,8H2,1-3H3,(H,16,19). The van der Waals surface area contributed by atoms with Gasteiger partial charge in [-0.3, -0.25) is 9.48 Å². The summed E-state index contributed by atoms with van der Waals surface area (Å²) >= 11 is 5.97. The highest BCUT2D eigenvalue weighted by Crippen LogP contribution is 2.21. The van der Waals surface area contributed by atoms with Gasteiger partial charge < -0.3 is 5.32 Å². The minimum absolute atomic E-state index is 0.0893. The molecule has 1 amide bonds. The normalized spacial score (nSPS) is 10.5. The number of rotatable bonds is 3. The summed E-state index contributed by atoms with van der Waals surface area (Å²) in [4.78, 5) is 11.2. The van der Waals surface area contributed by atoms with Crippen molar-refractivity contribution >= 4 is 23.2 Å². The van der Waals surface area contributed by atoms with Gasteiger partial charge in [0.15, 0.2) is 0 Å². The second-order valence-electron chi connectivity index (χ2n) is 4.51. The molecule has 19 heavy (non-hydrogen) atoms. The van der Waals surface area contributed by atoms with E-state index in [0.717, 1.165) is 22.6 Å². The van der Waals surface area contributed by atoms with Gasteiger partial charge in [0, 0.05) is 11.9 Å². The van der Waals surface area contributed by atoms with Crippen LogP contribution in [0.25, 0.3) is 0 Å². The lowest BCUT2D eigenvalue weighted by molar-refractivity contribution is -0.114. The maximum atomic E-state index is 11.2. The van der Waals surface area contributed by atoms with Crippen molar-refractivity contribution in [3.63, 3.8) is 0 Å². The molecule has 0 spiro atoms. The molecule has 4 nitrogen and oxygen atoms in total. The van der Waals surface area contributed by atoms with Gasteiger partial charge in [-0.25, -0.2) is 0 Å². The molecule has 0 aliphatic heterocycles. The molecule has 1 aromatic carbocycles. The highest BCUT2D eigenvalue weighted by atomic mass is 35.5. The third-order valence-electron chi connectivity index (χ3n) is 2.90. The van der Waals surface area contributed by atoms with Gasteiger partial charge in [0.05, 0.1) is 23.6 Å². The number of nitrogens with zero attached hydrogens (tertiary/aromatic N) is 2. The molecule has 0 saturated carbocycles. The summed E-state index contributed by atoms with van der Waals surface area (Å²) in [5, 5.41) is 7.97. The summed E-state index contributed by atoms with van der Waals surface area (Å²) in [7, 11) is 0. The Morgan fingerprint density at radius 2 is 2.16 bits per heavy atom. The van der Waals surface area contributed by atoms with Gasteiger partial charge in [0.2, 0.25) is 5.91 Å². The van der Waals surface area contributed by atoms with Crippen molar-refractivity contribution < 1.29 is 4.79 Å². The second-order valence-corrected chi connectivity index (χ2v) is 4.95. The summed E-state index contributed by atoms with van der Waals surface area (Å²) < 4.78 is 1.87. The number of aryl methyl sites for hydroxylation is 1. The first-order valence-electron chi connectivity index (χ1n) is 6.03. The number of nitrogens with one attached hydrogen (secondary N) is 1. The summed E-state index contributed by atoms with van der Waals surface area (Å²) in [5.41, 5.74) is 3.62. The van der Waals surface area contributed by atoms with E-state index in [1.807, 2.05) is 42.8 Å². The lowest BCUT2D eigenvalue weighted by Crippen LogP contribution is -2.08. The number of carbonyl (C=O) groups is 1. The highest BCUT2D eigenvalue weighted by molar-refractivity contribution is 6.30.